The minimum absolute atomic E-state index is 0.0445. The van der Waals surface area contributed by atoms with Crippen molar-refractivity contribution >= 4 is 33.0 Å². The van der Waals surface area contributed by atoms with E-state index >= 15 is 0 Å². The molecule has 1 heterocycles. The fraction of sp³-hybridized carbons (Fsp3) is 0.214. The van der Waals surface area contributed by atoms with Gasteiger partial charge in [0.1, 0.15) is 9.09 Å². The third-order valence-electron chi connectivity index (χ3n) is 2.97. The number of aromatic carboxylic acids is 1. The number of rotatable bonds is 5. The Morgan fingerprint density at radius 3 is 2.38 bits per heavy atom. The Hall–Kier alpha value is -1.86. The number of carboxylic acids is 1. The molecule has 1 aromatic heterocycles. The van der Waals surface area contributed by atoms with Crippen LogP contribution in [0, 0.1) is 6.92 Å². The minimum atomic E-state index is -3.75. The van der Waals surface area contributed by atoms with E-state index in [0.29, 0.717) is 11.3 Å². The van der Waals surface area contributed by atoms with Crippen LogP contribution in [-0.2, 0) is 10.0 Å². The molecule has 0 aliphatic heterocycles. The summed E-state index contributed by atoms with van der Waals surface area (Å²) in [7, 11) is -3.75. The summed E-state index contributed by atoms with van der Waals surface area (Å²) in [5.74, 6) is -1.11. The summed E-state index contributed by atoms with van der Waals surface area (Å²) < 4.78 is 26.7. The van der Waals surface area contributed by atoms with E-state index in [0.717, 1.165) is 11.3 Å². The Morgan fingerprint density at radius 2 is 1.90 bits per heavy atom. The summed E-state index contributed by atoms with van der Waals surface area (Å²) in [6, 6.07) is 10.2. The van der Waals surface area contributed by atoms with Crippen LogP contribution in [0.5, 0.6) is 0 Å². The molecule has 0 aliphatic rings. The summed E-state index contributed by atoms with van der Waals surface area (Å²) in [6.07, 6.45) is 0. The van der Waals surface area contributed by atoms with E-state index in [1.807, 2.05) is 6.07 Å². The van der Waals surface area contributed by atoms with Gasteiger partial charge in [-0.1, -0.05) is 18.2 Å². The molecular formula is C14H15NO4S2. The van der Waals surface area contributed by atoms with Crippen LogP contribution < -0.4 is 4.31 Å². The van der Waals surface area contributed by atoms with Gasteiger partial charge in [0.05, 0.1) is 5.69 Å². The molecule has 0 spiro atoms. The maximum Gasteiger partial charge on any atom is 0.346 e. The Labute approximate surface area is 127 Å². The van der Waals surface area contributed by atoms with Crippen molar-refractivity contribution in [2.75, 3.05) is 10.8 Å². The monoisotopic (exact) mass is 325 g/mol. The van der Waals surface area contributed by atoms with Crippen LogP contribution in [0.4, 0.5) is 5.69 Å². The lowest BCUT2D eigenvalue weighted by molar-refractivity contribution is 0.0701. The first-order valence-corrected chi connectivity index (χ1v) is 8.55. The first-order chi connectivity index (χ1) is 9.87. The van der Waals surface area contributed by atoms with Crippen LogP contribution in [0.2, 0.25) is 0 Å². The number of carbonyl (C=O) groups is 1. The first-order valence-electron chi connectivity index (χ1n) is 6.29. The number of aryl methyl sites for hydroxylation is 1. The van der Waals surface area contributed by atoms with Crippen LogP contribution in [0.15, 0.2) is 40.6 Å². The molecular weight excluding hydrogens is 310 g/mol. The number of para-hydroxylation sites is 1. The van der Waals surface area contributed by atoms with Crippen molar-refractivity contribution in [3.8, 4) is 0 Å². The molecule has 1 aromatic carbocycles. The normalized spacial score (nSPS) is 11.3. The van der Waals surface area contributed by atoms with Crippen LogP contribution in [0.25, 0.3) is 0 Å². The third-order valence-corrected chi connectivity index (χ3v) is 6.54. The molecule has 0 unspecified atom stereocenters. The van der Waals surface area contributed by atoms with Gasteiger partial charge in [-0.25, -0.2) is 13.2 Å². The van der Waals surface area contributed by atoms with E-state index in [1.165, 1.54) is 10.4 Å². The molecule has 0 fully saturated rings. The van der Waals surface area contributed by atoms with Crippen molar-refractivity contribution in [2.45, 2.75) is 18.1 Å². The van der Waals surface area contributed by atoms with Crippen LogP contribution in [0.1, 0.15) is 22.2 Å². The summed E-state index contributed by atoms with van der Waals surface area (Å²) >= 11 is 0.784. The fourth-order valence-electron chi connectivity index (χ4n) is 1.99. The highest BCUT2D eigenvalue weighted by Gasteiger charge is 2.27. The second-order valence-electron chi connectivity index (χ2n) is 4.39. The molecule has 7 heteroatoms. The number of hydrogen-bond acceptors (Lipinski definition) is 4. The van der Waals surface area contributed by atoms with Gasteiger partial charge in [0.25, 0.3) is 10.0 Å². The van der Waals surface area contributed by atoms with Crippen molar-refractivity contribution in [3.05, 3.63) is 46.8 Å². The van der Waals surface area contributed by atoms with Gasteiger partial charge in [0.2, 0.25) is 0 Å². The summed E-state index contributed by atoms with van der Waals surface area (Å²) in [5, 5.41) is 9.06. The molecule has 0 bridgehead atoms. The highest BCUT2D eigenvalue weighted by atomic mass is 32.2. The average molecular weight is 325 g/mol. The molecule has 0 aliphatic carbocycles. The van der Waals surface area contributed by atoms with Gasteiger partial charge >= 0.3 is 5.97 Å². The number of thiophene rings is 1. The molecule has 0 saturated carbocycles. The molecule has 0 amide bonds. The minimum Gasteiger partial charge on any atom is -0.477 e. The Kier molecular flexibility index (Phi) is 4.34. The number of hydrogen-bond donors (Lipinski definition) is 1. The molecule has 1 N–H and O–H groups in total. The lowest BCUT2D eigenvalue weighted by atomic mass is 10.3. The van der Waals surface area contributed by atoms with E-state index in [9.17, 15) is 13.2 Å². The second kappa shape index (κ2) is 5.87. The number of benzene rings is 1. The van der Waals surface area contributed by atoms with Crippen molar-refractivity contribution < 1.29 is 18.3 Å². The number of carboxylic acid groups (broad SMARTS) is 1. The Morgan fingerprint density at radius 1 is 1.29 bits per heavy atom. The molecule has 0 radical (unpaired) electrons. The van der Waals surface area contributed by atoms with E-state index in [1.54, 1.807) is 38.1 Å². The van der Waals surface area contributed by atoms with Gasteiger partial charge in [0, 0.05) is 6.54 Å². The van der Waals surface area contributed by atoms with Crippen LogP contribution in [-0.4, -0.2) is 26.0 Å². The maximum absolute atomic E-state index is 12.7. The third kappa shape index (κ3) is 2.93. The van der Waals surface area contributed by atoms with Gasteiger partial charge in [-0.2, -0.15) is 0 Å². The summed E-state index contributed by atoms with van der Waals surface area (Å²) in [6.45, 7) is 3.60. The van der Waals surface area contributed by atoms with E-state index in [4.69, 9.17) is 5.11 Å². The predicted molar refractivity (Wildman–Crippen MR) is 82.7 cm³/mol. The van der Waals surface area contributed by atoms with Gasteiger partial charge in [0.15, 0.2) is 0 Å². The van der Waals surface area contributed by atoms with Gasteiger partial charge in [-0.3, -0.25) is 4.31 Å². The van der Waals surface area contributed by atoms with Crippen molar-refractivity contribution in [1.29, 1.82) is 0 Å². The number of nitrogens with zero attached hydrogens (tertiary/aromatic N) is 1. The zero-order valence-electron chi connectivity index (χ0n) is 11.6. The standard InChI is InChI=1S/C14H15NO4S2/c1-3-15(11-7-5-4-6-8-11)21(18,19)12-9-10(2)13(20-12)14(16)17/h4-9H,3H2,1-2H3,(H,16,17). The topological polar surface area (TPSA) is 74.7 Å². The fourth-order valence-corrected chi connectivity index (χ4v) is 4.95. The Balaban J connectivity index is 2.50. The van der Waals surface area contributed by atoms with Crippen LogP contribution in [0.3, 0.4) is 0 Å². The van der Waals surface area contributed by atoms with E-state index in [-0.39, 0.29) is 15.6 Å². The highest BCUT2D eigenvalue weighted by Crippen LogP contribution is 2.30. The molecule has 0 atom stereocenters. The Bertz CT molecular complexity index is 751. The van der Waals surface area contributed by atoms with Crippen molar-refractivity contribution in [3.63, 3.8) is 0 Å². The highest BCUT2D eigenvalue weighted by molar-refractivity contribution is 7.94. The molecule has 2 rings (SSSR count). The summed E-state index contributed by atoms with van der Waals surface area (Å²) in [4.78, 5) is 11.1. The van der Waals surface area contributed by atoms with Gasteiger partial charge < -0.3 is 5.11 Å². The van der Waals surface area contributed by atoms with E-state index < -0.39 is 16.0 Å². The van der Waals surface area contributed by atoms with Gasteiger partial charge in [-0.15, -0.1) is 11.3 Å². The number of anilines is 1. The van der Waals surface area contributed by atoms with Gasteiger partial charge in [-0.05, 0) is 37.6 Å². The smallest absolute Gasteiger partial charge is 0.346 e. The van der Waals surface area contributed by atoms with Crippen LogP contribution >= 0.6 is 11.3 Å². The predicted octanol–water partition coefficient (Wildman–Crippen LogP) is 2.97. The van der Waals surface area contributed by atoms with E-state index in [2.05, 4.69) is 0 Å². The van der Waals surface area contributed by atoms with Crippen molar-refractivity contribution in [1.82, 2.24) is 0 Å². The van der Waals surface area contributed by atoms with Crippen molar-refractivity contribution in [2.24, 2.45) is 0 Å². The zero-order chi connectivity index (χ0) is 15.6. The average Bonchev–Trinajstić information content (AvgIpc) is 2.83. The molecule has 0 saturated heterocycles. The molecule has 112 valence electrons. The first kappa shape index (κ1) is 15.5. The lowest BCUT2D eigenvalue weighted by Gasteiger charge is -2.21. The molecule has 2 aromatic rings. The number of sulfonamides is 1. The second-order valence-corrected chi connectivity index (χ2v) is 7.53. The maximum atomic E-state index is 12.7. The largest absolute Gasteiger partial charge is 0.477 e. The molecule has 21 heavy (non-hydrogen) atoms. The summed E-state index contributed by atoms with van der Waals surface area (Å²) in [5.41, 5.74) is 1.01. The molecule has 5 nitrogen and oxygen atoms in total. The SMILES string of the molecule is CCN(c1ccccc1)S(=O)(=O)c1cc(C)c(C(=O)O)s1. The quantitative estimate of drug-likeness (QED) is 0.917. The lowest BCUT2D eigenvalue weighted by Crippen LogP contribution is -2.30. The zero-order valence-corrected chi connectivity index (χ0v) is 13.2.